The van der Waals surface area contributed by atoms with Gasteiger partial charge in [0, 0.05) is 12.2 Å². The lowest BCUT2D eigenvalue weighted by molar-refractivity contribution is -0.113. The highest BCUT2D eigenvalue weighted by Crippen LogP contribution is 2.32. The van der Waals surface area contributed by atoms with Gasteiger partial charge in [0.15, 0.2) is 5.16 Å². The second-order valence-corrected chi connectivity index (χ2v) is 8.10. The van der Waals surface area contributed by atoms with Gasteiger partial charge in [-0.2, -0.15) is 0 Å². The summed E-state index contributed by atoms with van der Waals surface area (Å²) in [7, 11) is 0. The smallest absolute Gasteiger partial charge is 0.262 e. The number of carbonyl (C=O) groups is 1. The SMILES string of the molecule is O=C(CSc1nc2ccccc2c(=O)n1C1CCCC1)Nc1ccc(Cl)cn1. The molecule has 0 bridgehead atoms. The molecule has 1 fully saturated rings. The van der Waals surface area contributed by atoms with Crippen LogP contribution in [-0.4, -0.2) is 26.2 Å². The molecular formula is C20H19ClN4O2S. The molecular weight excluding hydrogens is 396 g/mol. The van der Waals surface area contributed by atoms with Crippen LogP contribution < -0.4 is 10.9 Å². The van der Waals surface area contributed by atoms with Gasteiger partial charge in [0.1, 0.15) is 5.82 Å². The van der Waals surface area contributed by atoms with Gasteiger partial charge in [-0.3, -0.25) is 14.2 Å². The van der Waals surface area contributed by atoms with Crippen LogP contribution in [0.1, 0.15) is 31.7 Å². The molecule has 2 aromatic heterocycles. The first-order chi connectivity index (χ1) is 13.6. The van der Waals surface area contributed by atoms with Gasteiger partial charge < -0.3 is 5.32 Å². The van der Waals surface area contributed by atoms with E-state index in [1.165, 1.54) is 18.0 Å². The number of benzene rings is 1. The van der Waals surface area contributed by atoms with Crippen molar-refractivity contribution >= 4 is 46.0 Å². The Kier molecular flexibility index (Phi) is 5.64. The molecule has 8 heteroatoms. The number of halogens is 1. The summed E-state index contributed by atoms with van der Waals surface area (Å²) in [6.45, 7) is 0. The number of amides is 1. The van der Waals surface area contributed by atoms with Gasteiger partial charge in [0.05, 0.1) is 21.7 Å². The fraction of sp³-hybridized carbons (Fsp3) is 0.300. The summed E-state index contributed by atoms with van der Waals surface area (Å²) in [5.41, 5.74) is 0.629. The second-order valence-electron chi connectivity index (χ2n) is 6.72. The number of para-hydroxylation sites is 1. The summed E-state index contributed by atoms with van der Waals surface area (Å²) in [6.07, 6.45) is 5.63. The Labute approximate surface area is 171 Å². The van der Waals surface area contributed by atoms with Gasteiger partial charge in [-0.1, -0.05) is 48.3 Å². The quantitative estimate of drug-likeness (QED) is 0.497. The highest BCUT2D eigenvalue weighted by atomic mass is 35.5. The molecule has 3 aromatic rings. The molecule has 0 saturated heterocycles. The van der Waals surface area contributed by atoms with Crippen molar-refractivity contribution in [1.82, 2.24) is 14.5 Å². The number of carbonyl (C=O) groups excluding carboxylic acids is 1. The van der Waals surface area contributed by atoms with Crippen molar-refractivity contribution in [1.29, 1.82) is 0 Å². The lowest BCUT2D eigenvalue weighted by atomic mass is 10.2. The molecule has 0 spiro atoms. The zero-order valence-electron chi connectivity index (χ0n) is 15.1. The van der Waals surface area contributed by atoms with Crippen LogP contribution in [0.2, 0.25) is 5.02 Å². The monoisotopic (exact) mass is 414 g/mol. The number of aromatic nitrogens is 3. The van der Waals surface area contributed by atoms with Crippen LogP contribution in [0.4, 0.5) is 5.82 Å². The molecule has 1 aliphatic rings. The highest BCUT2D eigenvalue weighted by Gasteiger charge is 2.23. The molecule has 6 nitrogen and oxygen atoms in total. The number of nitrogens with one attached hydrogen (secondary N) is 1. The number of hydrogen-bond acceptors (Lipinski definition) is 5. The van der Waals surface area contributed by atoms with Crippen LogP contribution in [-0.2, 0) is 4.79 Å². The molecule has 144 valence electrons. The maximum atomic E-state index is 13.1. The van der Waals surface area contributed by atoms with Crippen molar-refractivity contribution in [2.24, 2.45) is 0 Å². The van der Waals surface area contributed by atoms with E-state index >= 15 is 0 Å². The molecule has 1 saturated carbocycles. The van der Waals surface area contributed by atoms with E-state index in [2.05, 4.69) is 15.3 Å². The number of rotatable bonds is 5. The van der Waals surface area contributed by atoms with E-state index in [4.69, 9.17) is 11.6 Å². The summed E-state index contributed by atoms with van der Waals surface area (Å²) < 4.78 is 1.79. The normalized spacial score (nSPS) is 14.5. The van der Waals surface area contributed by atoms with Gasteiger partial charge in [-0.05, 0) is 37.1 Å². The Morgan fingerprint density at radius 1 is 1.21 bits per heavy atom. The fourth-order valence-electron chi connectivity index (χ4n) is 3.47. The minimum absolute atomic E-state index is 0.0280. The number of nitrogens with zero attached hydrogens (tertiary/aromatic N) is 3. The Morgan fingerprint density at radius 2 is 2.00 bits per heavy atom. The molecule has 1 aliphatic carbocycles. The van der Waals surface area contributed by atoms with E-state index in [1.807, 2.05) is 24.3 Å². The van der Waals surface area contributed by atoms with E-state index in [1.54, 1.807) is 16.7 Å². The van der Waals surface area contributed by atoms with E-state index in [0.29, 0.717) is 26.9 Å². The molecule has 1 aromatic carbocycles. The topological polar surface area (TPSA) is 76.9 Å². The van der Waals surface area contributed by atoms with E-state index in [0.717, 1.165) is 25.7 Å². The molecule has 0 unspecified atom stereocenters. The average molecular weight is 415 g/mol. The molecule has 0 radical (unpaired) electrons. The van der Waals surface area contributed by atoms with Gasteiger partial charge in [0.25, 0.3) is 5.56 Å². The van der Waals surface area contributed by atoms with Crippen LogP contribution in [0.3, 0.4) is 0 Å². The predicted molar refractivity (Wildman–Crippen MR) is 112 cm³/mol. The Balaban J connectivity index is 1.58. The first-order valence-electron chi connectivity index (χ1n) is 9.17. The lowest BCUT2D eigenvalue weighted by Crippen LogP contribution is -2.27. The van der Waals surface area contributed by atoms with Crippen molar-refractivity contribution in [2.75, 3.05) is 11.1 Å². The zero-order chi connectivity index (χ0) is 19.5. The van der Waals surface area contributed by atoms with Crippen molar-refractivity contribution in [3.63, 3.8) is 0 Å². The summed E-state index contributed by atoms with van der Waals surface area (Å²) in [5, 5.41) is 4.45. The van der Waals surface area contributed by atoms with Crippen LogP contribution in [0.5, 0.6) is 0 Å². The summed E-state index contributed by atoms with van der Waals surface area (Å²) in [6, 6.07) is 10.8. The fourth-order valence-corrected chi connectivity index (χ4v) is 4.45. The molecule has 1 amide bonds. The van der Waals surface area contributed by atoms with Gasteiger partial charge in [-0.15, -0.1) is 0 Å². The third-order valence-corrected chi connectivity index (χ3v) is 5.97. The minimum atomic E-state index is -0.208. The molecule has 4 rings (SSSR count). The third kappa shape index (κ3) is 4.05. The number of anilines is 1. The molecule has 1 N–H and O–H groups in total. The molecule has 2 heterocycles. The van der Waals surface area contributed by atoms with Crippen LogP contribution in [0, 0.1) is 0 Å². The number of pyridine rings is 1. The summed E-state index contributed by atoms with van der Waals surface area (Å²) >= 11 is 7.09. The van der Waals surface area contributed by atoms with Gasteiger partial charge in [0.2, 0.25) is 5.91 Å². The average Bonchev–Trinajstić information content (AvgIpc) is 3.22. The predicted octanol–water partition coefficient (Wildman–Crippen LogP) is 4.29. The Morgan fingerprint density at radius 3 is 2.75 bits per heavy atom. The Bertz CT molecular complexity index is 1060. The van der Waals surface area contributed by atoms with Crippen LogP contribution in [0.25, 0.3) is 10.9 Å². The summed E-state index contributed by atoms with van der Waals surface area (Å²) in [5.74, 6) is 0.372. The Hall–Kier alpha value is -2.38. The molecule has 28 heavy (non-hydrogen) atoms. The maximum Gasteiger partial charge on any atom is 0.262 e. The number of thioether (sulfide) groups is 1. The summed E-state index contributed by atoms with van der Waals surface area (Å²) in [4.78, 5) is 34.2. The molecule has 0 atom stereocenters. The first kappa shape index (κ1) is 19.0. The van der Waals surface area contributed by atoms with E-state index < -0.39 is 0 Å². The maximum absolute atomic E-state index is 13.1. The van der Waals surface area contributed by atoms with Gasteiger partial charge in [-0.25, -0.2) is 9.97 Å². The zero-order valence-corrected chi connectivity index (χ0v) is 16.7. The number of fused-ring (bicyclic) bond motifs is 1. The van der Waals surface area contributed by atoms with Crippen molar-refractivity contribution in [3.8, 4) is 0 Å². The largest absolute Gasteiger partial charge is 0.310 e. The van der Waals surface area contributed by atoms with Crippen LogP contribution in [0.15, 0.2) is 52.5 Å². The second kappa shape index (κ2) is 8.32. The van der Waals surface area contributed by atoms with E-state index in [-0.39, 0.29) is 23.3 Å². The van der Waals surface area contributed by atoms with Crippen LogP contribution >= 0.6 is 23.4 Å². The van der Waals surface area contributed by atoms with Gasteiger partial charge >= 0.3 is 0 Å². The van der Waals surface area contributed by atoms with E-state index in [9.17, 15) is 9.59 Å². The number of hydrogen-bond donors (Lipinski definition) is 1. The van der Waals surface area contributed by atoms with Crippen molar-refractivity contribution in [3.05, 3.63) is 58.0 Å². The minimum Gasteiger partial charge on any atom is -0.310 e. The van der Waals surface area contributed by atoms with Crippen molar-refractivity contribution in [2.45, 2.75) is 36.9 Å². The standard InChI is InChI=1S/C20H19ClN4O2S/c21-13-9-10-17(22-11-13)24-18(26)12-28-20-23-16-8-4-3-7-15(16)19(27)25(20)14-5-1-2-6-14/h3-4,7-11,14H,1-2,5-6,12H2,(H,22,24,26). The molecule has 0 aliphatic heterocycles. The highest BCUT2D eigenvalue weighted by molar-refractivity contribution is 7.99. The third-order valence-electron chi connectivity index (χ3n) is 4.79. The first-order valence-corrected chi connectivity index (χ1v) is 10.5. The lowest BCUT2D eigenvalue weighted by Gasteiger charge is -2.18. The van der Waals surface area contributed by atoms with Crippen molar-refractivity contribution < 1.29 is 4.79 Å².